The van der Waals surface area contributed by atoms with Crippen molar-refractivity contribution in [2.75, 3.05) is 6.54 Å². The van der Waals surface area contributed by atoms with E-state index in [-0.39, 0.29) is 23.0 Å². The smallest absolute Gasteiger partial charge is 0.271 e. The number of nitrogens with zero attached hydrogens (tertiary/aromatic N) is 3. The molecule has 2 heterocycles. The number of thioether (sulfide) groups is 1. The average Bonchev–Trinajstić information content (AvgIpc) is 3.12. The second-order valence-corrected chi connectivity index (χ2v) is 9.34. The predicted molar refractivity (Wildman–Crippen MR) is 126 cm³/mol. The van der Waals surface area contributed by atoms with Crippen LogP contribution in [0.3, 0.4) is 0 Å². The molecule has 0 aliphatic carbocycles. The molecule has 2 aliphatic heterocycles. The highest BCUT2D eigenvalue weighted by Gasteiger charge is 2.43. The Labute approximate surface area is 186 Å². The van der Waals surface area contributed by atoms with Gasteiger partial charge in [0.2, 0.25) is 5.91 Å². The highest BCUT2D eigenvalue weighted by molar-refractivity contribution is 8.14. The summed E-state index contributed by atoms with van der Waals surface area (Å²) in [6, 6.07) is 17.4. The molecule has 160 valence electrons. The molecule has 1 N–H and O–H groups in total. The summed E-state index contributed by atoms with van der Waals surface area (Å²) in [7, 11) is 0. The number of nitrogens with one attached hydrogen (secondary N) is 1. The molecule has 2 atom stereocenters. The standard InChI is InChI=1S/C24H26N4O2S/c1-15(2)20-23(30)27-21-18-11-7-8-12-19(18)26-24(28(20)21)31-16(3)22(29)25-14-13-17-9-5-4-6-10-17/h4-12,15-16,20H,13-14H2,1-3H3,(H,25,29). The minimum atomic E-state index is -0.400. The molecule has 2 aliphatic rings. The summed E-state index contributed by atoms with van der Waals surface area (Å²) < 4.78 is 0. The van der Waals surface area contributed by atoms with Crippen LogP contribution < -0.4 is 5.32 Å². The first-order valence-corrected chi connectivity index (χ1v) is 11.4. The second kappa shape index (κ2) is 9.06. The number of benzene rings is 2. The number of rotatable bonds is 6. The van der Waals surface area contributed by atoms with E-state index in [4.69, 9.17) is 4.99 Å². The molecule has 2 unspecified atom stereocenters. The molecule has 0 radical (unpaired) electrons. The third-order valence-electron chi connectivity index (χ3n) is 5.38. The quantitative estimate of drug-likeness (QED) is 0.751. The lowest BCUT2D eigenvalue weighted by Crippen LogP contribution is -2.47. The lowest BCUT2D eigenvalue weighted by Gasteiger charge is -2.33. The van der Waals surface area contributed by atoms with Crippen LogP contribution in [-0.2, 0) is 16.0 Å². The summed E-state index contributed by atoms with van der Waals surface area (Å²) in [5.41, 5.74) is 2.81. The van der Waals surface area contributed by atoms with E-state index in [1.165, 1.54) is 17.3 Å². The Bertz CT molecular complexity index is 1050. The van der Waals surface area contributed by atoms with Crippen molar-refractivity contribution in [3.05, 3.63) is 65.7 Å². The molecule has 6 nitrogen and oxygen atoms in total. The van der Waals surface area contributed by atoms with Crippen molar-refractivity contribution in [3.8, 4) is 0 Å². The third kappa shape index (κ3) is 4.42. The fourth-order valence-corrected chi connectivity index (χ4v) is 4.75. The lowest BCUT2D eigenvalue weighted by atomic mass is 10.0. The van der Waals surface area contributed by atoms with Gasteiger partial charge in [-0.1, -0.05) is 68.1 Å². The molecule has 0 fully saturated rings. The lowest BCUT2D eigenvalue weighted by molar-refractivity contribution is -0.121. The number of hydrogen-bond acceptors (Lipinski definition) is 5. The number of carbonyl (C=O) groups excluding carboxylic acids is 2. The predicted octanol–water partition coefficient (Wildman–Crippen LogP) is 3.78. The van der Waals surface area contributed by atoms with Crippen molar-refractivity contribution < 1.29 is 9.59 Å². The monoisotopic (exact) mass is 434 g/mol. The first-order valence-electron chi connectivity index (χ1n) is 10.5. The summed E-state index contributed by atoms with van der Waals surface area (Å²) in [6.45, 7) is 6.45. The molecule has 7 heteroatoms. The van der Waals surface area contributed by atoms with Gasteiger partial charge in [-0.15, -0.1) is 0 Å². The number of amidine groups is 2. The van der Waals surface area contributed by atoms with Gasteiger partial charge in [-0.3, -0.25) is 14.5 Å². The maximum absolute atomic E-state index is 12.7. The zero-order valence-electron chi connectivity index (χ0n) is 17.9. The van der Waals surface area contributed by atoms with Gasteiger partial charge >= 0.3 is 0 Å². The number of aliphatic imine (C=N–C) groups is 2. The summed E-state index contributed by atoms with van der Waals surface area (Å²) in [6.07, 6.45) is 0.783. The fourth-order valence-electron chi connectivity index (χ4n) is 3.78. The van der Waals surface area contributed by atoms with Crippen LogP contribution in [-0.4, -0.2) is 45.6 Å². The third-order valence-corrected chi connectivity index (χ3v) is 6.45. The van der Waals surface area contributed by atoms with Crippen molar-refractivity contribution >= 4 is 40.3 Å². The Balaban J connectivity index is 1.49. The number of fused-ring (bicyclic) bond motifs is 3. The summed E-state index contributed by atoms with van der Waals surface area (Å²) in [4.78, 5) is 36.4. The normalized spacial score (nSPS) is 18.3. The summed E-state index contributed by atoms with van der Waals surface area (Å²) in [5.74, 6) is 0.496. The van der Waals surface area contributed by atoms with Crippen molar-refractivity contribution in [1.82, 2.24) is 10.2 Å². The van der Waals surface area contributed by atoms with Crippen molar-refractivity contribution in [3.63, 3.8) is 0 Å². The average molecular weight is 435 g/mol. The number of hydrogen-bond donors (Lipinski definition) is 1. The maximum atomic E-state index is 12.7. The molecule has 0 saturated carbocycles. The van der Waals surface area contributed by atoms with E-state index in [2.05, 4.69) is 22.4 Å². The van der Waals surface area contributed by atoms with Crippen molar-refractivity contribution in [2.45, 2.75) is 38.5 Å². The fraction of sp³-hybridized carbons (Fsp3) is 0.333. The molecule has 0 saturated heterocycles. The highest BCUT2D eigenvalue weighted by atomic mass is 32.2. The van der Waals surface area contributed by atoms with E-state index in [1.807, 2.05) is 68.1 Å². The number of carbonyl (C=O) groups is 2. The van der Waals surface area contributed by atoms with Crippen LogP contribution in [0.1, 0.15) is 31.9 Å². The van der Waals surface area contributed by atoms with Gasteiger partial charge in [0.1, 0.15) is 11.9 Å². The van der Waals surface area contributed by atoms with Gasteiger partial charge in [-0.25, -0.2) is 4.99 Å². The minimum absolute atomic E-state index is 0.0485. The van der Waals surface area contributed by atoms with E-state index >= 15 is 0 Å². The molecule has 4 rings (SSSR count). The molecular weight excluding hydrogens is 408 g/mol. The van der Waals surface area contributed by atoms with Crippen LogP contribution in [0.4, 0.5) is 5.69 Å². The van der Waals surface area contributed by atoms with Crippen LogP contribution in [0.25, 0.3) is 0 Å². The van der Waals surface area contributed by atoms with Gasteiger partial charge in [-0.05, 0) is 37.0 Å². The van der Waals surface area contributed by atoms with E-state index in [9.17, 15) is 9.59 Å². The molecule has 0 aromatic heterocycles. The SMILES string of the molecule is CC(SC1=Nc2ccccc2C2=NC(=O)C(C(C)C)N12)C(=O)NCCc1ccccc1. The topological polar surface area (TPSA) is 74.1 Å². The Morgan fingerprint density at radius 3 is 2.52 bits per heavy atom. The largest absolute Gasteiger partial charge is 0.355 e. The van der Waals surface area contributed by atoms with Crippen LogP contribution >= 0.6 is 11.8 Å². The maximum Gasteiger partial charge on any atom is 0.271 e. The van der Waals surface area contributed by atoms with Crippen LogP contribution in [0.15, 0.2) is 64.6 Å². The zero-order valence-corrected chi connectivity index (χ0v) is 18.7. The van der Waals surface area contributed by atoms with Crippen LogP contribution in [0, 0.1) is 5.92 Å². The van der Waals surface area contributed by atoms with E-state index < -0.39 is 6.04 Å². The van der Waals surface area contributed by atoms with Gasteiger partial charge in [-0.2, -0.15) is 4.99 Å². The highest BCUT2D eigenvalue weighted by Crippen LogP contribution is 2.36. The summed E-state index contributed by atoms with van der Waals surface area (Å²) in [5, 5.41) is 3.30. The Kier molecular flexibility index (Phi) is 6.23. The Hall–Kier alpha value is -2.93. The Morgan fingerprint density at radius 2 is 1.77 bits per heavy atom. The van der Waals surface area contributed by atoms with Crippen LogP contribution in [0.5, 0.6) is 0 Å². The van der Waals surface area contributed by atoms with Crippen molar-refractivity contribution in [1.29, 1.82) is 0 Å². The van der Waals surface area contributed by atoms with Gasteiger partial charge in [0, 0.05) is 12.1 Å². The molecule has 2 aromatic rings. The van der Waals surface area contributed by atoms with Gasteiger partial charge in [0.15, 0.2) is 5.17 Å². The van der Waals surface area contributed by atoms with Crippen LogP contribution in [0.2, 0.25) is 0 Å². The van der Waals surface area contributed by atoms with E-state index in [0.717, 1.165) is 17.7 Å². The minimum Gasteiger partial charge on any atom is -0.355 e. The zero-order chi connectivity index (χ0) is 22.0. The number of para-hydroxylation sites is 1. The molecule has 31 heavy (non-hydrogen) atoms. The van der Waals surface area contributed by atoms with Gasteiger partial charge in [0.25, 0.3) is 5.91 Å². The molecule has 0 spiro atoms. The van der Waals surface area contributed by atoms with Gasteiger partial charge in [0.05, 0.1) is 10.9 Å². The molecular formula is C24H26N4O2S. The molecule has 2 amide bonds. The first kappa shape index (κ1) is 21.3. The van der Waals surface area contributed by atoms with Gasteiger partial charge < -0.3 is 5.32 Å². The number of amides is 2. The Morgan fingerprint density at radius 1 is 1.06 bits per heavy atom. The summed E-state index contributed by atoms with van der Waals surface area (Å²) >= 11 is 1.37. The molecule has 2 aromatic carbocycles. The molecule has 0 bridgehead atoms. The van der Waals surface area contributed by atoms with E-state index in [0.29, 0.717) is 17.5 Å². The van der Waals surface area contributed by atoms with Crippen molar-refractivity contribution in [2.24, 2.45) is 15.9 Å². The second-order valence-electron chi connectivity index (χ2n) is 8.03. The first-order chi connectivity index (χ1) is 15.0. The van der Waals surface area contributed by atoms with E-state index in [1.54, 1.807) is 0 Å².